The topological polar surface area (TPSA) is 72.6 Å². The van der Waals surface area contributed by atoms with Gasteiger partial charge in [-0.25, -0.2) is 0 Å². The van der Waals surface area contributed by atoms with Crippen LogP contribution in [0, 0.1) is 0 Å². The SMILES string of the molecule is CC(C)(C)OC(=O)CN1C(=O)C(N)CCc2ccccc21. The Morgan fingerprint density at radius 2 is 2.05 bits per heavy atom. The van der Waals surface area contributed by atoms with E-state index in [0.29, 0.717) is 6.42 Å². The highest BCUT2D eigenvalue weighted by atomic mass is 16.6. The third kappa shape index (κ3) is 3.82. The van der Waals surface area contributed by atoms with Crippen molar-refractivity contribution in [2.75, 3.05) is 11.4 Å². The first kappa shape index (κ1) is 15.5. The number of esters is 1. The molecule has 1 aromatic carbocycles. The van der Waals surface area contributed by atoms with E-state index in [9.17, 15) is 9.59 Å². The number of carbonyl (C=O) groups is 2. The van der Waals surface area contributed by atoms with Crippen molar-refractivity contribution < 1.29 is 14.3 Å². The molecular weight excluding hydrogens is 268 g/mol. The number of hydrogen-bond donors (Lipinski definition) is 1. The van der Waals surface area contributed by atoms with E-state index in [4.69, 9.17) is 10.5 Å². The smallest absolute Gasteiger partial charge is 0.326 e. The van der Waals surface area contributed by atoms with Gasteiger partial charge in [-0.1, -0.05) is 18.2 Å². The number of anilines is 1. The number of nitrogens with zero attached hydrogens (tertiary/aromatic N) is 1. The van der Waals surface area contributed by atoms with E-state index in [2.05, 4.69) is 0 Å². The highest BCUT2D eigenvalue weighted by molar-refractivity contribution is 6.01. The molecule has 1 amide bonds. The predicted molar refractivity (Wildman–Crippen MR) is 80.9 cm³/mol. The molecule has 0 saturated carbocycles. The summed E-state index contributed by atoms with van der Waals surface area (Å²) in [5, 5.41) is 0. The number of benzene rings is 1. The quantitative estimate of drug-likeness (QED) is 0.840. The van der Waals surface area contributed by atoms with E-state index in [1.54, 1.807) is 20.8 Å². The molecule has 0 aromatic heterocycles. The molecule has 0 fully saturated rings. The summed E-state index contributed by atoms with van der Waals surface area (Å²) >= 11 is 0. The van der Waals surface area contributed by atoms with Crippen molar-refractivity contribution in [2.24, 2.45) is 5.73 Å². The third-order valence-electron chi connectivity index (χ3n) is 3.30. The van der Waals surface area contributed by atoms with Gasteiger partial charge in [-0.3, -0.25) is 14.5 Å². The number of rotatable bonds is 2. The Morgan fingerprint density at radius 3 is 2.71 bits per heavy atom. The monoisotopic (exact) mass is 290 g/mol. The van der Waals surface area contributed by atoms with Crippen molar-refractivity contribution in [1.29, 1.82) is 0 Å². The van der Waals surface area contributed by atoms with Gasteiger partial charge in [-0.15, -0.1) is 0 Å². The largest absolute Gasteiger partial charge is 0.459 e. The van der Waals surface area contributed by atoms with Gasteiger partial charge in [-0.05, 0) is 45.2 Å². The first-order valence-electron chi connectivity index (χ1n) is 7.14. The van der Waals surface area contributed by atoms with Gasteiger partial charge < -0.3 is 10.5 Å². The fourth-order valence-corrected chi connectivity index (χ4v) is 2.40. The molecule has 0 aliphatic carbocycles. The second-order valence-electron chi connectivity index (χ2n) is 6.28. The zero-order valence-corrected chi connectivity index (χ0v) is 12.8. The van der Waals surface area contributed by atoms with Gasteiger partial charge in [0.05, 0.1) is 6.04 Å². The molecule has 0 bridgehead atoms. The molecule has 5 nitrogen and oxygen atoms in total. The molecule has 1 aliphatic heterocycles. The summed E-state index contributed by atoms with van der Waals surface area (Å²) in [4.78, 5) is 25.9. The molecule has 1 aromatic rings. The molecule has 21 heavy (non-hydrogen) atoms. The molecule has 1 atom stereocenters. The summed E-state index contributed by atoms with van der Waals surface area (Å²) in [5.74, 6) is -0.662. The van der Waals surface area contributed by atoms with Crippen LogP contribution in [0.2, 0.25) is 0 Å². The average molecular weight is 290 g/mol. The average Bonchev–Trinajstić information content (AvgIpc) is 2.49. The van der Waals surface area contributed by atoms with E-state index < -0.39 is 17.6 Å². The van der Waals surface area contributed by atoms with E-state index in [1.807, 2.05) is 24.3 Å². The normalized spacial score (nSPS) is 19.0. The zero-order valence-electron chi connectivity index (χ0n) is 12.8. The second-order valence-corrected chi connectivity index (χ2v) is 6.28. The summed E-state index contributed by atoms with van der Waals surface area (Å²) in [6, 6.07) is 7.00. The van der Waals surface area contributed by atoms with Crippen molar-refractivity contribution >= 4 is 17.6 Å². The van der Waals surface area contributed by atoms with Crippen LogP contribution < -0.4 is 10.6 Å². The van der Waals surface area contributed by atoms with Crippen LogP contribution in [0.3, 0.4) is 0 Å². The maximum atomic E-state index is 12.4. The van der Waals surface area contributed by atoms with Gasteiger partial charge in [0.15, 0.2) is 0 Å². The second kappa shape index (κ2) is 5.85. The van der Waals surface area contributed by atoms with Crippen molar-refractivity contribution in [3.8, 4) is 0 Å². The zero-order chi connectivity index (χ0) is 15.6. The minimum atomic E-state index is -0.583. The van der Waals surface area contributed by atoms with Gasteiger partial charge in [0.1, 0.15) is 12.1 Å². The van der Waals surface area contributed by atoms with Gasteiger partial charge in [-0.2, -0.15) is 0 Å². The molecule has 1 heterocycles. The highest BCUT2D eigenvalue weighted by Gasteiger charge is 2.30. The van der Waals surface area contributed by atoms with Crippen LogP contribution in [0.15, 0.2) is 24.3 Å². The fraction of sp³-hybridized carbons (Fsp3) is 0.500. The first-order valence-corrected chi connectivity index (χ1v) is 7.14. The van der Waals surface area contributed by atoms with Crippen LogP contribution in [0.25, 0.3) is 0 Å². The highest BCUT2D eigenvalue weighted by Crippen LogP contribution is 2.26. The lowest BCUT2D eigenvalue weighted by Crippen LogP contribution is -2.46. The number of aryl methyl sites for hydroxylation is 1. The number of fused-ring (bicyclic) bond motifs is 1. The summed E-state index contributed by atoms with van der Waals surface area (Å²) in [5.41, 5.74) is 7.11. The maximum Gasteiger partial charge on any atom is 0.326 e. The van der Waals surface area contributed by atoms with Crippen molar-refractivity contribution in [1.82, 2.24) is 0 Å². The third-order valence-corrected chi connectivity index (χ3v) is 3.30. The number of hydrogen-bond acceptors (Lipinski definition) is 4. The molecule has 114 valence electrons. The van der Waals surface area contributed by atoms with Gasteiger partial charge in [0.25, 0.3) is 0 Å². The number of nitrogens with two attached hydrogens (primary N) is 1. The summed E-state index contributed by atoms with van der Waals surface area (Å²) in [7, 11) is 0. The molecule has 2 N–H and O–H groups in total. The molecular formula is C16H22N2O3. The standard InChI is InChI=1S/C16H22N2O3/c1-16(2,3)21-14(19)10-18-13-7-5-4-6-11(13)8-9-12(17)15(18)20/h4-7,12H,8-10,17H2,1-3H3. The van der Waals surface area contributed by atoms with E-state index in [-0.39, 0.29) is 12.5 Å². The van der Waals surface area contributed by atoms with Crippen LogP contribution in [0.5, 0.6) is 0 Å². The number of amides is 1. The van der Waals surface area contributed by atoms with E-state index >= 15 is 0 Å². The van der Waals surface area contributed by atoms with E-state index in [0.717, 1.165) is 17.7 Å². The van der Waals surface area contributed by atoms with Gasteiger partial charge in [0.2, 0.25) is 5.91 Å². The predicted octanol–water partition coefficient (Wildman–Crippen LogP) is 1.63. The molecule has 5 heteroatoms. The lowest BCUT2D eigenvalue weighted by Gasteiger charge is -2.26. The minimum Gasteiger partial charge on any atom is -0.459 e. The van der Waals surface area contributed by atoms with Crippen molar-refractivity contribution in [3.05, 3.63) is 29.8 Å². The first-order chi connectivity index (χ1) is 9.78. The fourth-order valence-electron chi connectivity index (χ4n) is 2.40. The summed E-state index contributed by atoms with van der Waals surface area (Å²) < 4.78 is 5.31. The molecule has 1 aliphatic rings. The van der Waals surface area contributed by atoms with Crippen LogP contribution in [-0.2, 0) is 20.7 Å². The summed E-state index contributed by atoms with van der Waals surface area (Å²) in [6.07, 6.45) is 1.31. The van der Waals surface area contributed by atoms with Gasteiger partial charge in [0, 0.05) is 5.69 Å². The molecule has 2 rings (SSSR count). The Hall–Kier alpha value is -1.88. The summed E-state index contributed by atoms with van der Waals surface area (Å²) in [6.45, 7) is 5.29. The maximum absolute atomic E-state index is 12.4. The van der Waals surface area contributed by atoms with Crippen LogP contribution >= 0.6 is 0 Å². The number of para-hydroxylation sites is 1. The number of carbonyl (C=O) groups excluding carboxylic acids is 2. The lowest BCUT2D eigenvalue weighted by atomic mass is 10.1. The van der Waals surface area contributed by atoms with Crippen molar-refractivity contribution in [3.63, 3.8) is 0 Å². The molecule has 1 unspecified atom stereocenters. The Labute approximate surface area is 125 Å². The lowest BCUT2D eigenvalue weighted by molar-refractivity contribution is -0.153. The van der Waals surface area contributed by atoms with Crippen LogP contribution in [0.1, 0.15) is 32.8 Å². The Bertz CT molecular complexity index is 549. The van der Waals surface area contributed by atoms with Crippen molar-refractivity contribution in [2.45, 2.75) is 45.3 Å². The minimum absolute atomic E-state index is 0.110. The molecule has 0 saturated heterocycles. The van der Waals surface area contributed by atoms with Crippen LogP contribution in [-0.4, -0.2) is 30.1 Å². The van der Waals surface area contributed by atoms with E-state index in [1.165, 1.54) is 4.90 Å². The number of ether oxygens (including phenoxy) is 1. The Morgan fingerprint density at radius 1 is 1.38 bits per heavy atom. The van der Waals surface area contributed by atoms with Crippen LogP contribution in [0.4, 0.5) is 5.69 Å². The molecule has 0 spiro atoms. The van der Waals surface area contributed by atoms with Gasteiger partial charge >= 0.3 is 5.97 Å². The Kier molecular flexibility index (Phi) is 4.32. The molecule has 0 radical (unpaired) electrons. The Balaban J connectivity index is 2.26.